The fourth-order valence-corrected chi connectivity index (χ4v) is 5.44. The maximum absolute atomic E-state index is 13.4. The van der Waals surface area contributed by atoms with Crippen LogP contribution in [-0.4, -0.2) is 54.9 Å². The number of benzene rings is 2. The number of carbonyl (C=O) groups is 3. The number of β-lactam (4-membered cyclic amide) rings is 1. The van der Waals surface area contributed by atoms with Gasteiger partial charge in [0.05, 0.1) is 22.3 Å². The van der Waals surface area contributed by atoms with Gasteiger partial charge in [0, 0.05) is 5.41 Å². The Morgan fingerprint density at radius 3 is 2.14 bits per heavy atom. The first-order valence-electron chi connectivity index (χ1n) is 11.9. The molecule has 0 unspecified atom stereocenters. The highest BCUT2D eigenvalue weighted by Crippen LogP contribution is 2.42. The normalized spacial score (nSPS) is 19.0. The Bertz CT molecular complexity index is 1220. The molecular weight excluding hydrogens is 510 g/mol. The molecule has 2 aromatic carbocycles. The number of hydrogen-bond acceptors (Lipinski definition) is 7. The molecule has 2 N–H and O–H groups in total. The first kappa shape index (κ1) is 28.6. The van der Waals surface area contributed by atoms with E-state index in [2.05, 4.69) is 0 Å². The number of aliphatic carboxylic acids is 1. The summed E-state index contributed by atoms with van der Waals surface area (Å²) < 4.78 is 5.93. The molecule has 3 atom stereocenters. The van der Waals surface area contributed by atoms with Crippen molar-refractivity contribution in [2.24, 2.45) is 11.3 Å². The van der Waals surface area contributed by atoms with Gasteiger partial charge in [-0.3, -0.25) is 14.5 Å². The minimum absolute atomic E-state index is 0.228. The number of carboxylic acid groups (broad SMARTS) is 1. The highest BCUT2D eigenvalue weighted by molar-refractivity contribution is 8.00. The molecule has 9 heteroatoms. The average molecular weight is 542 g/mol. The number of aliphatic hydroxyl groups is 1. The molecule has 3 rings (SSSR count). The van der Waals surface area contributed by atoms with Crippen molar-refractivity contribution >= 4 is 46.5 Å². The number of carboxylic acids is 1. The van der Waals surface area contributed by atoms with Crippen molar-refractivity contribution in [3.8, 4) is 5.75 Å². The molecule has 1 fully saturated rings. The van der Waals surface area contributed by atoms with Crippen molar-refractivity contribution in [2.45, 2.75) is 46.1 Å². The number of Topliss-reactive ketones (excluding diaryl/α,β-unsaturated/α-hetero) is 1. The van der Waals surface area contributed by atoms with Gasteiger partial charge in [-0.05, 0) is 48.1 Å². The number of thioether (sulfide) groups is 1. The minimum Gasteiger partial charge on any atom is -0.476 e. The number of hydrogen-bond donors (Lipinski definition) is 2. The number of ketones is 1. The first-order chi connectivity index (χ1) is 17.4. The molecule has 1 aliphatic rings. The lowest BCUT2D eigenvalue weighted by Crippen LogP contribution is -2.63. The zero-order chi connectivity index (χ0) is 27.5. The van der Waals surface area contributed by atoms with Crippen molar-refractivity contribution < 1.29 is 29.3 Å². The average Bonchev–Trinajstić information content (AvgIpc) is 2.85. The van der Waals surface area contributed by atoms with Crippen LogP contribution in [0.25, 0.3) is 0 Å². The Morgan fingerprint density at radius 2 is 1.65 bits per heavy atom. The third-order valence-corrected chi connectivity index (χ3v) is 7.51. The quantitative estimate of drug-likeness (QED) is 0.147. The van der Waals surface area contributed by atoms with E-state index in [-0.39, 0.29) is 5.75 Å². The van der Waals surface area contributed by atoms with Gasteiger partial charge in [0.2, 0.25) is 17.4 Å². The molecule has 7 nitrogen and oxygen atoms in total. The molecule has 1 heterocycles. The molecule has 2 aromatic rings. The smallest absolute Gasteiger partial charge is 0.356 e. The van der Waals surface area contributed by atoms with E-state index in [1.807, 2.05) is 37.3 Å². The lowest BCUT2D eigenvalue weighted by molar-refractivity contribution is -0.157. The summed E-state index contributed by atoms with van der Waals surface area (Å²) in [4.78, 5) is 40.6. The van der Waals surface area contributed by atoms with Gasteiger partial charge < -0.3 is 14.9 Å². The van der Waals surface area contributed by atoms with Gasteiger partial charge in [0.25, 0.3) is 0 Å². The van der Waals surface area contributed by atoms with E-state index in [1.165, 1.54) is 18.7 Å². The maximum Gasteiger partial charge on any atom is 0.356 e. The summed E-state index contributed by atoms with van der Waals surface area (Å²) in [6, 6.07) is 16.2. The summed E-state index contributed by atoms with van der Waals surface area (Å²) in [7, 11) is 0. The second kappa shape index (κ2) is 11.6. The maximum atomic E-state index is 13.4. The molecule has 0 spiro atoms. The van der Waals surface area contributed by atoms with Crippen LogP contribution < -0.4 is 4.74 Å². The molecule has 0 saturated carbocycles. The van der Waals surface area contributed by atoms with Gasteiger partial charge in [0.1, 0.15) is 5.75 Å². The van der Waals surface area contributed by atoms with Crippen LogP contribution in [0.5, 0.6) is 5.75 Å². The number of aliphatic hydroxyl groups excluding tert-OH is 1. The second-order valence-corrected chi connectivity index (χ2v) is 11.5. The van der Waals surface area contributed by atoms with Gasteiger partial charge in [0.15, 0.2) is 5.70 Å². The highest BCUT2D eigenvalue weighted by Gasteiger charge is 2.54. The van der Waals surface area contributed by atoms with Gasteiger partial charge in [-0.2, -0.15) is 0 Å². The fraction of sp³-hybridized carbons (Fsp3) is 0.357. The third-order valence-electron chi connectivity index (χ3n) is 5.86. The fourth-order valence-electron chi connectivity index (χ4n) is 3.92. The van der Waals surface area contributed by atoms with E-state index < -0.39 is 51.9 Å². The van der Waals surface area contributed by atoms with Crippen LogP contribution in [0.15, 0.2) is 66.1 Å². The molecule has 1 aliphatic heterocycles. The van der Waals surface area contributed by atoms with E-state index in [0.29, 0.717) is 10.6 Å². The van der Waals surface area contributed by atoms with Crippen molar-refractivity contribution in [1.29, 1.82) is 0 Å². The number of amides is 1. The van der Waals surface area contributed by atoms with Crippen molar-refractivity contribution in [3.63, 3.8) is 0 Å². The number of carbonyl (C=O) groups excluding carboxylic acids is 2. The van der Waals surface area contributed by atoms with Crippen LogP contribution >= 0.6 is 24.0 Å². The second-order valence-electron chi connectivity index (χ2n) is 9.70. The molecule has 0 aromatic heterocycles. The SMILES string of the molecule is CCS[C@@H]1[C@@H]([C@@H](C)O)C(=O)N1C(C(=O)O)=C(Oc1ccc(C(=S)c2ccccc2)cc1)C(=O)C(C)(C)C. The number of nitrogens with zero attached hydrogens (tertiary/aromatic N) is 1. The molecule has 1 saturated heterocycles. The Kier molecular flexibility index (Phi) is 8.94. The van der Waals surface area contributed by atoms with Crippen LogP contribution in [0, 0.1) is 11.3 Å². The predicted octanol–water partition coefficient (Wildman–Crippen LogP) is 4.66. The predicted molar refractivity (Wildman–Crippen MR) is 147 cm³/mol. The summed E-state index contributed by atoms with van der Waals surface area (Å²) >= 11 is 6.90. The lowest BCUT2D eigenvalue weighted by atomic mass is 9.87. The van der Waals surface area contributed by atoms with E-state index in [4.69, 9.17) is 17.0 Å². The van der Waals surface area contributed by atoms with Crippen molar-refractivity contribution in [2.75, 3.05) is 5.75 Å². The summed E-state index contributed by atoms with van der Waals surface area (Å²) in [5.74, 6) is -3.00. The summed E-state index contributed by atoms with van der Waals surface area (Å²) in [5, 5.41) is 19.6. The monoisotopic (exact) mass is 541 g/mol. The van der Waals surface area contributed by atoms with Gasteiger partial charge in [-0.25, -0.2) is 4.79 Å². The zero-order valence-corrected chi connectivity index (χ0v) is 23.1. The van der Waals surface area contributed by atoms with Crippen LogP contribution in [0.3, 0.4) is 0 Å². The van der Waals surface area contributed by atoms with Crippen LogP contribution in [0.1, 0.15) is 45.7 Å². The molecule has 0 aliphatic carbocycles. The van der Waals surface area contributed by atoms with Crippen molar-refractivity contribution in [3.05, 3.63) is 77.2 Å². The van der Waals surface area contributed by atoms with Crippen molar-refractivity contribution in [1.82, 2.24) is 4.90 Å². The molecule has 1 amide bonds. The largest absolute Gasteiger partial charge is 0.476 e. The number of allylic oxidation sites excluding steroid dienone is 1. The Hall–Kier alpha value is -3.01. The van der Waals surface area contributed by atoms with E-state index in [0.717, 1.165) is 16.0 Å². The Morgan fingerprint density at radius 1 is 1.08 bits per heavy atom. The van der Waals surface area contributed by atoms with Crippen LogP contribution in [-0.2, 0) is 14.4 Å². The van der Waals surface area contributed by atoms with Crippen LogP contribution in [0.2, 0.25) is 0 Å². The zero-order valence-electron chi connectivity index (χ0n) is 21.4. The molecule has 37 heavy (non-hydrogen) atoms. The van der Waals surface area contributed by atoms with Crippen LogP contribution in [0.4, 0.5) is 0 Å². The summed E-state index contributed by atoms with van der Waals surface area (Å²) in [6.45, 7) is 8.30. The highest BCUT2D eigenvalue weighted by atomic mass is 32.2. The molecule has 0 radical (unpaired) electrons. The number of thiocarbonyl (C=S) groups is 1. The first-order valence-corrected chi connectivity index (χ1v) is 13.4. The van der Waals surface area contributed by atoms with Gasteiger partial charge in [-0.1, -0.05) is 70.2 Å². The third kappa shape index (κ3) is 6.11. The molecular formula is C28H31NO6S2. The van der Waals surface area contributed by atoms with Gasteiger partial charge >= 0.3 is 5.97 Å². The standard InChI is InChI=1S/C28H31NO6S2/c1-6-37-26-20(16(2)30)25(32)29(26)21(27(33)34)22(24(31)28(3,4)5)35-19-14-12-18(13-15-19)23(36)17-10-8-7-9-11-17/h7-16,20,26,30H,6H2,1-5H3,(H,33,34)/t16-,20+,26-/m1/s1. The van der Waals surface area contributed by atoms with E-state index in [9.17, 15) is 24.6 Å². The summed E-state index contributed by atoms with van der Waals surface area (Å²) in [5.41, 5.74) is 0.121. The lowest BCUT2D eigenvalue weighted by Gasteiger charge is -2.47. The Balaban J connectivity index is 2.04. The van der Waals surface area contributed by atoms with E-state index >= 15 is 0 Å². The summed E-state index contributed by atoms with van der Waals surface area (Å²) in [6.07, 6.45) is -0.966. The molecule has 196 valence electrons. The minimum atomic E-state index is -1.46. The van der Waals surface area contributed by atoms with E-state index in [1.54, 1.807) is 45.0 Å². The number of ether oxygens (including phenoxy) is 1. The Labute approximate surface area is 226 Å². The molecule has 0 bridgehead atoms. The number of rotatable bonds is 10. The topological polar surface area (TPSA) is 104 Å². The number of likely N-dealkylation sites (tertiary alicyclic amines) is 1. The van der Waals surface area contributed by atoms with Gasteiger partial charge in [-0.15, -0.1) is 11.8 Å².